The fourth-order valence-electron chi connectivity index (χ4n) is 1.84. The van der Waals surface area contributed by atoms with Gasteiger partial charge in [-0.2, -0.15) is 0 Å². The van der Waals surface area contributed by atoms with Crippen molar-refractivity contribution in [1.29, 1.82) is 0 Å². The molecule has 0 aliphatic rings. The van der Waals surface area contributed by atoms with E-state index in [-0.39, 0.29) is 31.1 Å². The minimum Gasteiger partial charge on any atom is -0.483 e. The Kier molecular flexibility index (Phi) is 6.31. The molecule has 24 heavy (non-hydrogen) atoms. The number of ether oxygens (including phenoxy) is 1. The molecule has 0 spiro atoms. The van der Waals surface area contributed by atoms with Gasteiger partial charge in [-0.1, -0.05) is 0 Å². The predicted molar refractivity (Wildman–Crippen MR) is 81.8 cm³/mol. The molecule has 0 aliphatic carbocycles. The lowest BCUT2D eigenvalue weighted by Crippen LogP contribution is -2.24. The number of rotatable bonds is 8. The zero-order valence-corrected chi connectivity index (χ0v) is 13.2. The SMILES string of the molecule is O=C(Cl)CCCNC(=O)c1ccc(COc2ccc(F)cc2F)o1. The van der Waals surface area contributed by atoms with Crippen LogP contribution in [0.2, 0.25) is 0 Å². The van der Waals surface area contributed by atoms with Gasteiger partial charge >= 0.3 is 0 Å². The average molecular weight is 358 g/mol. The number of benzene rings is 1. The molecule has 0 radical (unpaired) electrons. The molecule has 1 heterocycles. The quantitative estimate of drug-likeness (QED) is 0.580. The van der Waals surface area contributed by atoms with E-state index < -0.39 is 22.8 Å². The average Bonchev–Trinajstić information content (AvgIpc) is 2.99. The Morgan fingerprint density at radius 3 is 2.71 bits per heavy atom. The predicted octanol–water partition coefficient (Wildman–Crippen LogP) is 3.41. The minimum atomic E-state index is -0.826. The number of carbonyl (C=O) groups excluding carboxylic acids is 2. The Hall–Kier alpha value is -2.41. The van der Waals surface area contributed by atoms with Crippen LogP contribution in [0.15, 0.2) is 34.7 Å². The Morgan fingerprint density at radius 2 is 2.00 bits per heavy atom. The standard InChI is InChI=1S/C16H14ClF2NO4/c17-15(21)2-1-7-20-16(22)14-6-4-11(24-14)9-23-13-5-3-10(18)8-12(13)19/h3-6,8H,1-2,7,9H2,(H,20,22). The van der Waals surface area contributed by atoms with Crippen LogP contribution in [0.1, 0.15) is 29.2 Å². The maximum Gasteiger partial charge on any atom is 0.286 e. The summed E-state index contributed by atoms with van der Waals surface area (Å²) in [5.41, 5.74) is 0. The molecular weight excluding hydrogens is 344 g/mol. The van der Waals surface area contributed by atoms with E-state index in [4.69, 9.17) is 20.8 Å². The van der Waals surface area contributed by atoms with Crippen LogP contribution in [-0.4, -0.2) is 17.7 Å². The number of carbonyl (C=O) groups is 2. The first-order valence-corrected chi connectivity index (χ1v) is 7.46. The van der Waals surface area contributed by atoms with E-state index in [0.717, 1.165) is 6.07 Å². The van der Waals surface area contributed by atoms with E-state index in [2.05, 4.69) is 5.32 Å². The van der Waals surface area contributed by atoms with Crippen molar-refractivity contribution in [2.75, 3.05) is 6.54 Å². The molecule has 0 bridgehead atoms. The maximum atomic E-state index is 13.4. The second-order valence-electron chi connectivity index (χ2n) is 4.84. The molecule has 128 valence electrons. The van der Waals surface area contributed by atoms with Gasteiger partial charge in [0.1, 0.15) is 18.2 Å². The van der Waals surface area contributed by atoms with E-state index in [1.165, 1.54) is 18.2 Å². The first-order valence-electron chi connectivity index (χ1n) is 7.09. The summed E-state index contributed by atoms with van der Waals surface area (Å²) in [5.74, 6) is -1.73. The van der Waals surface area contributed by atoms with Crippen LogP contribution in [0, 0.1) is 11.6 Å². The lowest BCUT2D eigenvalue weighted by molar-refractivity contribution is -0.111. The number of hydrogen-bond donors (Lipinski definition) is 1. The highest BCUT2D eigenvalue weighted by Gasteiger charge is 2.12. The molecule has 1 aromatic heterocycles. The summed E-state index contributed by atoms with van der Waals surface area (Å²) in [6.45, 7) is 0.168. The topological polar surface area (TPSA) is 68.5 Å². The van der Waals surface area contributed by atoms with Gasteiger partial charge in [0.2, 0.25) is 5.24 Å². The van der Waals surface area contributed by atoms with Crippen LogP contribution in [0.25, 0.3) is 0 Å². The van der Waals surface area contributed by atoms with Gasteiger partial charge < -0.3 is 14.5 Å². The van der Waals surface area contributed by atoms with Crippen LogP contribution < -0.4 is 10.1 Å². The highest BCUT2D eigenvalue weighted by molar-refractivity contribution is 6.63. The zero-order valence-electron chi connectivity index (χ0n) is 12.5. The lowest BCUT2D eigenvalue weighted by atomic mass is 10.3. The molecule has 0 unspecified atom stereocenters. The summed E-state index contributed by atoms with van der Waals surface area (Å²) in [4.78, 5) is 22.4. The normalized spacial score (nSPS) is 10.5. The fraction of sp³-hybridized carbons (Fsp3) is 0.250. The van der Waals surface area contributed by atoms with Crippen molar-refractivity contribution in [3.8, 4) is 5.75 Å². The van der Waals surface area contributed by atoms with Crippen LogP contribution in [0.3, 0.4) is 0 Å². The molecule has 5 nitrogen and oxygen atoms in total. The highest BCUT2D eigenvalue weighted by atomic mass is 35.5. The van der Waals surface area contributed by atoms with Gasteiger partial charge in [-0.3, -0.25) is 9.59 Å². The molecule has 1 aromatic carbocycles. The van der Waals surface area contributed by atoms with Crippen molar-refractivity contribution in [2.45, 2.75) is 19.4 Å². The number of nitrogens with one attached hydrogen (secondary N) is 1. The van der Waals surface area contributed by atoms with Crippen LogP contribution in [0.5, 0.6) is 5.75 Å². The van der Waals surface area contributed by atoms with Gasteiger partial charge in [-0.25, -0.2) is 8.78 Å². The molecule has 0 aliphatic heterocycles. The summed E-state index contributed by atoms with van der Waals surface area (Å²) in [6.07, 6.45) is 0.594. The van der Waals surface area contributed by atoms with Crippen LogP contribution in [0.4, 0.5) is 8.78 Å². The van der Waals surface area contributed by atoms with Gasteiger partial charge in [-0.05, 0) is 42.3 Å². The second kappa shape index (κ2) is 8.44. The van der Waals surface area contributed by atoms with Crippen molar-refractivity contribution in [1.82, 2.24) is 5.32 Å². The zero-order chi connectivity index (χ0) is 17.5. The summed E-state index contributed by atoms with van der Waals surface area (Å²) >= 11 is 5.19. The fourth-order valence-corrected chi connectivity index (χ4v) is 1.97. The van der Waals surface area contributed by atoms with Crippen molar-refractivity contribution in [2.24, 2.45) is 0 Å². The third-order valence-electron chi connectivity index (χ3n) is 2.98. The van der Waals surface area contributed by atoms with Gasteiger partial charge in [0, 0.05) is 19.0 Å². The molecular formula is C16H14ClF2NO4. The van der Waals surface area contributed by atoms with E-state index in [1.807, 2.05) is 0 Å². The molecule has 2 aromatic rings. The molecule has 1 amide bonds. The Bertz CT molecular complexity index is 733. The molecule has 8 heteroatoms. The number of hydrogen-bond acceptors (Lipinski definition) is 4. The van der Waals surface area contributed by atoms with Gasteiger partial charge in [-0.15, -0.1) is 0 Å². The van der Waals surface area contributed by atoms with E-state index in [0.29, 0.717) is 18.2 Å². The van der Waals surface area contributed by atoms with Crippen molar-refractivity contribution < 1.29 is 27.5 Å². The second-order valence-corrected chi connectivity index (χ2v) is 5.27. The number of furan rings is 1. The maximum absolute atomic E-state index is 13.4. The first-order chi connectivity index (χ1) is 11.5. The van der Waals surface area contributed by atoms with Crippen molar-refractivity contribution in [3.63, 3.8) is 0 Å². The third-order valence-corrected chi connectivity index (χ3v) is 3.17. The molecule has 0 atom stereocenters. The molecule has 0 saturated heterocycles. The van der Waals surface area contributed by atoms with E-state index >= 15 is 0 Å². The summed E-state index contributed by atoms with van der Waals surface area (Å²) < 4.78 is 36.7. The first kappa shape index (κ1) is 17.9. The van der Waals surface area contributed by atoms with E-state index in [9.17, 15) is 18.4 Å². The Labute approximate surface area is 141 Å². The number of amides is 1. The number of halogens is 3. The Balaban J connectivity index is 1.84. The minimum absolute atomic E-state index is 0.0605. The van der Waals surface area contributed by atoms with E-state index in [1.54, 1.807) is 0 Å². The highest BCUT2D eigenvalue weighted by Crippen LogP contribution is 2.19. The van der Waals surface area contributed by atoms with Crippen LogP contribution >= 0.6 is 11.6 Å². The smallest absolute Gasteiger partial charge is 0.286 e. The van der Waals surface area contributed by atoms with Gasteiger partial charge in [0.25, 0.3) is 5.91 Å². The van der Waals surface area contributed by atoms with Crippen molar-refractivity contribution in [3.05, 3.63) is 53.5 Å². The lowest BCUT2D eigenvalue weighted by Gasteiger charge is -2.05. The molecule has 1 N–H and O–H groups in total. The summed E-state index contributed by atoms with van der Waals surface area (Å²) in [7, 11) is 0. The Morgan fingerprint density at radius 1 is 1.21 bits per heavy atom. The largest absolute Gasteiger partial charge is 0.483 e. The molecule has 0 fully saturated rings. The summed E-state index contributed by atoms with van der Waals surface area (Å²) in [5, 5.41) is 2.11. The third kappa shape index (κ3) is 5.34. The van der Waals surface area contributed by atoms with Crippen molar-refractivity contribution >= 4 is 22.8 Å². The van der Waals surface area contributed by atoms with Gasteiger partial charge in [0.05, 0.1) is 0 Å². The molecule has 0 saturated carbocycles. The van der Waals surface area contributed by atoms with Gasteiger partial charge in [0.15, 0.2) is 17.3 Å². The monoisotopic (exact) mass is 357 g/mol. The van der Waals surface area contributed by atoms with Crippen LogP contribution in [-0.2, 0) is 11.4 Å². The molecule has 2 rings (SSSR count). The summed E-state index contributed by atoms with van der Waals surface area (Å²) in [6, 6.07) is 5.91.